The Morgan fingerprint density at radius 1 is 1.22 bits per heavy atom. The van der Waals surface area contributed by atoms with Gasteiger partial charge in [-0.1, -0.05) is 13.8 Å². The Labute approximate surface area is 188 Å². The van der Waals surface area contributed by atoms with E-state index in [1.807, 2.05) is 0 Å². The molecule has 0 saturated carbocycles. The van der Waals surface area contributed by atoms with Crippen molar-refractivity contribution < 1.29 is 23.0 Å². The first-order chi connectivity index (χ1) is 15.4. The summed E-state index contributed by atoms with van der Waals surface area (Å²) in [6.45, 7) is 7.81. The molecule has 8 heteroatoms. The van der Waals surface area contributed by atoms with Crippen molar-refractivity contribution in [2.24, 2.45) is 11.8 Å². The Morgan fingerprint density at radius 2 is 1.91 bits per heavy atom. The minimum Gasteiger partial charge on any atom is -0.478 e. The maximum atomic E-state index is 14.9. The monoisotopic (exact) mass is 447 g/mol. The topological polar surface area (TPSA) is 64.5 Å². The summed E-state index contributed by atoms with van der Waals surface area (Å²) in [4.78, 5) is 21.8. The summed E-state index contributed by atoms with van der Waals surface area (Å²) in [5, 5.41) is 0. The Kier molecular flexibility index (Phi) is 8.36. The molecule has 2 aromatic rings. The molecule has 3 rings (SSSR count). The molecule has 1 fully saturated rings. The second-order valence-electron chi connectivity index (χ2n) is 8.48. The Morgan fingerprint density at radius 3 is 2.53 bits per heavy atom. The Balaban J connectivity index is 1.68. The zero-order valence-electron chi connectivity index (χ0n) is 18.9. The first-order valence-corrected chi connectivity index (χ1v) is 11.2. The predicted molar refractivity (Wildman–Crippen MR) is 119 cm³/mol. The lowest BCUT2D eigenvalue weighted by molar-refractivity contribution is -0.144. The van der Waals surface area contributed by atoms with E-state index in [0.717, 1.165) is 6.42 Å². The zero-order valence-corrected chi connectivity index (χ0v) is 18.9. The van der Waals surface area contributed by atoms with Gasteiger partial charge in [-0.25, -0.2) is 13.8 Å². The van der Waals surface area contributed by atoms with Gasteiger partial charge in [-0.15, -0.1) is 0 Å². The van der Waals surface area contributed by atoms with E-state index in [2.05, 4.69) is 23.8 Å². The number of hydrogen-bond donors (Lipinski definition) is 0. The van der Waals surface area contributed by atoms with Gasteiger partial charge in [0.25, 0.3) is 0 Å². The Bertz CT molecular complexity index is 892. The fourth-order valence-electron chi connectivity index (χ4n) is 3.77. The van der Waals surface area contributed by atoms with Crippen LogP contribution in [0.2, 0.25) is 0 Å². The number of halogens is 2. The molecule has 1 aromatic heterocycles. The van der Waals surface area contributed by atoms with Crippen LogP contribution in [0.15, 0.2) is 24.4 Å². The lowest BCUT2D eigenvalue weighted by atomic mass is 9.93. The van der Waals surface area contributed by atoms with Crippen LogP contribution in [0.4, 0.5) is 14.5 Å². The van der Waals surface area contributed by atoms with Crippen molar-refractivity contribution in [1.82, 2.24) is 9.97 Å². The number of hydrogen-bond acceptors (Lipinski definition) is 6. The fraction of sp³-hybridized carbons (Fsp3) is 0.542. The van der Waals surface area contributed by atoms with E-state index in [-0.39, 0.29) is 29.0 Å². The lowest BCUT2D eigenvalue weighted by Crippen LogP contribution is -2.35. The van der Waals surface area contributed by atoms with Gasteiger partial charge in [0.05, 0.1) is 13.2 Å². The number of aromatic nitrogens is 2. The molecule has 0 atom stereocenters. The van der Waals surface area contributed by atoms with Crippen LogP contribution in [0.1, 0.15) is 46.5 Å². The molecular weight excluding hydrogens is 416 g/mol. The predicted octanol–water partition coefficient (Wildman–Crippen LogP) is 5.02. The molecule has 174 valence electrons. The average molecular weight is 448 g/mol. The SMILES string of the molecule is CCOC(=O)CC1CCN(c2c(F)cc(-c3nccc(OCCC(C)C)n3)cc2F)CC1. The second-order valence-corrected chi connectivity index (χ2v) is 8.48. The van der Waals surface area contributed by atoms with E-state index >= 15 is 0 Å². The average Bonchev–Trinajstić information content (AvgIpc) is 2.74. The Hall–Kier alpha value is -2.77. The number of benzene rings is 1. The van der Waals surface area contributed by atoms with Gasteiger partial charge in [0.2, 0.25) is 5.88 Å². The van der Waals surface area contributed by atoms with Crippen LogP contribution in [-0.2, 0) is 9.53 Å². The smallest absolute Gasteiger partial charge is 0.306 e. The quantitative estimate of drug-likeness (QED) is 0.503. The van der Waals surface area contributed by atoms with Crippen molar-refractivity contribution in [2.45, 2.75) is 46.5 Å². The summed E-state index contributed by atoms with van der Waals surface area (Å²) >= 11 is 0. The first kappa shape index (κ1) is 23.9. The van der Waals surface area contributed by atoms with Crippen LogP contribution in [0, 0.1) is 23.5 Å². The van der Waals surface area contributed by atoms with E-state index in [1.54, 1.807) is 17.9 Å². The number of ether oxygens (including phenoxy) is 2. The number of piperidine rings is 1. The number of nitrogens with zero attached hydrogens (tertiary/aromatic N) is 3. The lowest BCUT2D eigenvalue weighted by Gasteiger charge is -2.33. The molecule has 2 heterocycles. The molecule has 0 bridgehead atoms. The van der Waals surface area contributed by atoms with Gasteiger partial charge in [-0.05, 0) is 50.2 Å². The van der Waals surface area contributed by atoms with E-state index in [1.165, 1.54) is 18.3 Å². The van der Waals surface area contributed by atoms with Gasteiger partial charge >= 0.3 is 5.97 Å². The molecule has 0 N–H and O–H groups in total. The van der Waals surface area contributed by atoms with Crippen molar-refractivity contribution in [3.8, 4) is 17.3 Å². The summed E-state index contributed by atoms with van der Waals surface area (Å²) in [5.74, 6) is -0.265. The standard InChI is InChI=1S/C24H31F2N3O3/c1-4-31-22(30)13-17-6-10-29(11-7-17)23-19(25)14-18(15-20(23)26)24-27-9-5-21(28-24)32-12-8-16(2)3/h5,9,14-17H,4,6-8,10-13H2,1-3H3. The molecule has 32 heavy (non-hydrogen) atoms. The zero-order chi connectivity index (χ0) is 23.1. The molecule has 0 aliphatic carbocycles. The van der Waals surface area contributed by atoms with E-state index in [4.69, 9.17) is 9.47 Å². The maximum absolute atomic E-state index is 14.9. The summed E-state index contributed by atoms with van der Waals surface area (Å²) < 4.78 is 40.5. The summed E-state index contributed by atoms with van der Waals surface area (Å²) in [5.41, 5.74) is 0.211. The molecule has 0 amide bonds. The molecule has 0 spiro atoms. The highest BCUT2D eigenvalue weighted by atomic mass is 19.1. The van der Waals surface area contributed by atoms with Crippen LogP contribution in [-0.4, -0.2) is 42.2 Å². The highest BCUT2D eigenvalue weighted by molar-refractivity contribution is 5.69. The fourth-order valence-corrected chi connectivity index (χ4v) is 3.77. The van der Waals surface area contributed by atoms with Crippen LogP contribution >= 0.6 is 0 Å². The van der Waals surface area contributed by atoms with Crippen molar-refractivity contribution >= 4 is 11.7 Å². The first-order valence-electron chi connectivity index (χ1n) is 11.2. The van der Waals surface area contributed by atoms with Gasteiger partial charge in [-0.2, -0.15) is 4.98 Å². The van der Waals surface area contributed by atoms with Crippen LogP contribution < -0.4 is 9.64 Å². The summed E-state index contributed by atoms with van der Waals surface area (Å²) in [7, 11) is 0. The maximum Gasteiger partial charge on any atom is 0.306 e. The number of rotatable bonds is 9. The van der Waals surface area contributed by atoms with Crippen LogP contribution in [0.5, 0.6) is 5.88 Å². The summed E-state index contributed by atoms with van der Waals surface area (Å²) in [6, 6.07) is 4.15. The van der Waals surface area contributed by atoms with E-state index < -0.39 is 11.6 Å². The van der Waals surface area contributed by atoms with Crippen LogP contribution in [0.3, 0.4) is 0 Å². The van der Waals surface area contributed by atoms with Crippen LogP contribution in [0.25, 0.3) is 11.4 Å². The highest BCUT2D eigenvalue weighted by Gasteiger charge is 2.26. The minimum absolute atomic E-state index is 0.0485. The highest BCUT2D eigenvalue weighted by Crippen LogP contribution is 2.32. The van der Waals surface area contributed by atoms with Crippen molar-refractivity contribution in [3.05, 3.63) is 36.0 Å². The third-order valence-electron chi connectivity index (χ3n) is 5.54. The number of carbonyl (C=O) groups excluding carboxylic acids is 1. The van der Waals surface area contributed by atoms with Gasteiger partial charge < -0.3 is 14.4 Å². The number of esters is 1. The van der Waals surface area contributed by atoms with Gasteiger partial charge in [0.15, 0.2) is 5.82 Å². The van der Waals surface area contributed by atoms with E-state index in [9.17, 15) is 13.6 Å². The molecular formula is C24H31F2N3O3. The van der Waals surface area contributed by atoms with Gasteiger partial charge in [0, 0.05) is 37.3 Å². The van der Waals surface area contributed by atoms with Gasteiger partial charge in [0.1, 0.15) is 17.3 Å². The van der Waals surface area contributed by atoms with E-state index in [0.29, 0.717) is 57.4 Å². The van der Waals surface area contributed by atoms with Crippen molar-refractivity contribution in [2.75, 3.05) is 31.2 Å². The summed E-state index contributed by atoms with van der Waals surface area (Å²) in [6.07, 6.45) is 4.11. The third kappa shape index (κ3) is 6.37. The molecule has 1 aliphatic heterocycles. The van der Waals surface area contributed by atoms with Crippen molar-refractivity contribution in [1.29, 1.82) is 0 Å². The molecule has 1 saturated heterocycles. The number of carbonyl (C=O) groups is 1. The molecule has 6 nitrogen and oxygen atoms in total. The number of anilines is 1. The third-order valence-corrected chi connectivity index (χ3v) is 5.54. The van der Waals surface area contributed by atoms with Crippen molar-refractivity contribution in [3.63, 3.8) is 0 Å². The molecule has 0 unspecified atom stereocenters. The minimum atomic E-state index is -0.654. The second kappa shape index (κ2) is 11.2. The molecule has 1 aromatic carbocycles. The molecule has 1 aliphatic rings. The normalized spacial score (nSPS) is 14.6. The largest absolute Gasteiger partial charge is 0.478 e. The van der Waals surface area contributed by atoms with Gasteiger partial charge in [-0.3, -0.25) is 4.79 Å². The molecule has 0 radical (unpaired) electrons.